The Hall–Kier alpha value is -1.39. The lowest BCUT2D eigenvalue weighted by Crippen LogP contribution is -2.46. The second-order valence-corrected chi connectivity index (χ2v) is 6.06. The highest BCUT2D eigenvalue weighted by atomic mass is 32.1. The predicted octanol–water partition coefficient (Wildman–Crippen LogP) is 3.82. The molecule has 1 atom stereocenters. The van der Waals surface area contributed by atoms with Crippen molar-refractivity contribution in [1.29, 1.82) is 0 Å². The van der Waals surface area contributed by atoms with E-state index in [9.17, 15) is 0 Å². The number of nitrogens with zero attached hydrogens (tertiary/aromatic N) is 3. The summed E-state index contributed by atoms with van der Waals surface area (Å²) in [6.07, 6.45) is 2.14. The van der Waals surface area contributed by atoms with Crippen LogP contribution in [0, 0.1) is 5.92 Å². The van der Waals surface area contributed by atoms with Gasteiger partial charge >= 0.3 is 0 Å². The molecule has 0 spiro atoms. The summed E-state index contributed by atoms with van der Waals surface area (Å²) in [4.78, 5) is 9.09. The molecule has 2 aromatic rings. The van der Waals surface area contributed by atoms with Crippen molar-refractivity contribution in [1.82, 2.24) is 9.88 Å². The van der Waals surface area contributed by atoms with Gasteiger partial charge in [-0.15, -0.1) is 11.3 Å². The second-order valence-electron chi connectivity index (χ2n) is 5.13. The van der Waals surface area contributed by atoms with Crippen molar-refractivity contribution in [3.8, 4) is 0 Å². The fourth-order valence-electron chi connectivity index (χ4n) is 2.41. The van der Waals surface area contributed by atoms with Gasteiger partial charge in [0.05, 0.1) is 11.2 Å². The third-order valence-electron chi connectivity index (χ3n) is 3.03. The molecule has 1 unspecified atom stereocenters. The summed E-state index contributed by atoms with van der Waals surface area (Å²) < 4.78 is 0. The van der Waals surface area contributed by atoms with Crippen molar-refractivity contribution in [2.75, 3.05) is 19.0 Å². The molecular formula is C15H21N3S. The van der Waals surface area contributed by atoms with E-state index in [4.69, 9.17) is 0 Å². The molecule has 2 heterocycles. The highest BCUT2D eigenvalue weighted by molar-refractivity contribution is 7.14. The Balaban J connectivity index is 2.45. The SMILES string of the molecule is CC(C)C(N(C)C)N(c1ccccn1)c1cccs1. The molecule has 2 aromatic heterocycles. The molecule has 4 heteroatoms. The standard InChI is InChI=1S/C15H21N3S/c1-12(2)15(17(3)4)18(14-9-7-11-19-14)13-8-5-6-10-16-13/h5-12,15H,1-4H3. The van der Waals surface area contributed by atoms with Crippen LogP contribution in [0.1, 0.15) is 13.8 Å². The lowest BCUT2D eigenvalue weighted by Gasteiger charge is -2.38. The summed E-state index contributed by atoms with van der Waals surface area (Å²) in [5, 5.41) is 3.34. The molecule has 102 valence electrons. The number of pyridine rings is 1. The highest BCUT2D eigenvalue weighted by Crippen LogP contribution is 2.33. The summed E-state index contributed by atoms with van der Waals surface area (Å²) >= 11 is 1.75. The van der Waals surface area contributed by atoms with Crippen LogP contribution in [0.4, 0.5) is 10.8 Å². The number of rotatable bonds is 5. The maximum absolute atomic E-state index is 4.53. The van der Waals surface area contributed by atoms with Gasteiger partial charge in [0.1, 0.15) is 5.82 Å². The number of hydrogen-bond acceptors (Lipinski definition) is 4. The zero-order chi connectivity index (χ0) is 13.8. The summed E-state index contributed by atoms with van der Waals surface area (Å²) in [5.41, 5.74) is 0. The molecule has 0 N–H and O–H groups in total. The van der Waals surface area contributed by atoms with Gasteiger partial charge in [0.15, 0.2) is 0 Å². The Kier molecular flexibility index (Phi) is 4.56. The molecule has 0 saturated carbocycles. The van der Waals surface area contributed by atoms with E-state index in [1.807, 2.05) is 18.3 Å². The minimum atomic E-state index is 0.286. The third-order valence-corrected chi connectivity index (χ3v) is 3.90. The van der Waals surface area contributed by atoms with Gasteiger partial charge in [-0.05, 0) is 49.7 Å². The monoisotopic (exact) mass is 275 g/mol. The fraction of sp³-hybridized carbons (Fsp3) is 0.400. The first-order chi connectivity index (χ1) is 9.11. The average Bonchev–Trinajstić information content (AvgIpc) is 2.89. The van der Waals surface area contributed by atoms with Crippen molar-refractivity contribution in [3.63, 3.8) is 0 Å². The molecule has 3 nitrogen and oxygen atoms in total. The Morgan fingerprint density at radius 3 is 2.37 bits per heavy atom. The molecule has 0 radical (unpaired) electrons. The maximum Gasteiger partial charge on any atom is 0.134 e. The molecule has 0 saturated heterocycles. The van der Waals surface area contributed by atoms with Gasteiger partial charge in [-0.3, -0.25) is 4.90 Å². The average molecular weight is 275 g/mol. The first-order valence-corrected chi connectivity index (χ1v) is 7.39. The van der Waals surface area contributed by atoms with Gasteiger partial charge < -0.3 is 4.90 Å². The lowest BCUT2D eigenvalue weighted by molar-refractivity contribution is 0.236. The Morgan fingerprint density at radius 1 is 1.11 bits per heavy atom. The van der Waals surface area contributed by atoms with Crippen LogP contribution < -0.4 is 4.90 Å². The lowest BCUT2D eigenvalue weighted by atomic mass is 10.1. The number of anilines is 2. The first kappa shape index (κ1) is 14.0. The number of thiophene rings is 1. The summed E-state index contributed by atoms with van der Waals surface area (Å²) in [6.45, 7) is 4.49. The van der Waals surface area contributed by atoms with Crippen LogP contribution in [-0.4, -0.2) is 30.1 Å². The molecule has 0 aromatic carbocycles. The molecular weight excluding hydrogens is 254 g/mol. The minimum Gasteiger partial charge on any atom is -0.301 e. The van der Waals surface area contributed by atoms with Gasteiger partial charge in [-0.1, -0.05) is 19.9 Å². The summed E-state index contributed by atoms with van der Waals surface area (Å²) in [5.74, 6) is 1.50. The highest BCUT2D eigenvalue weighted by Gasteiger charge is 2.26. The van der Waals surface area contributed by atoms with Crippen LogP contribution in [0.2, 0.25) is 0 Å². The van der Waals surface area contributed by atoms with Gasteiger partial charge in [0.25, 0.3) is 0 Å². The number of hydrogen-bond donors (Lipinski definition) is 0. The van der Waals surface area contributed by atoms with E-state index >= 15 is 0 Å². The van der Waals surface area contributed by atoms with Crippen LogP contribution >= 0.6 is 11.3 Å². The molecule has 0 aliphatic carbocycles. The van der Waals surface area contributed by atoms with Crippen molar-refractivity contribution in [2.24, 2.45) is 5.92 Å². The zero-order valence-electron chi connectivity index (χ0n) is 11.9. The smallest absolute Gasteiger partial charge is 0.134 e. The first-order valence-electron chi connectivity index (χ1n) is 6.51. The minimum absolute atomic E-state index is 0.286. The normalized spacial score (nSPS) is 12.9. The van der Waals surface area contributed by atoms with E-state index < -0.39 is 0 Å². The van der Waals surface area contributed by atoms with E-state index in [1.165, 1.54) is 5.00 Å². The van der Waals surface area contributed by atoms with E-state index in [0.717, 1.165) is 5.82 Å². The van der Waals surface area contributed by atoms with Gasteiger partial charge in [-0.25, -0.2) is 4.98 Å². The molecule has 0 amide bonds. The summed E-state index contributed by atoms with van der Waals surface area (Å²) in [7, 11) is 4.24. The van der Waals surface area contributed by atoms with Gasteiger partial charge in [0.2, 0.25) is 0 Å². The molecule has 19 heavy (non-hydrogen) atoms. The van der Waals surface area contributed by atoms with Crippen LogP contribution in [0.15, 0.2) is 41.9 Å². The van der Waals surface area contributed by atoms with Crippen molar-refractivity contribution < 1.29 is 0 Å². The van der Waals surface area contributed by atoms with E-state index in [-0.39, 0.29) is 6.17 Å². The van der Waals surface area contributed by atoms with Crippen LogP contribution in [-0.2, 0) is 0 Å². The summed E-state index contributed by atoms with van der Waals surface area (Å²) in [6, 6.07) is 10.3. The zero-order valence-corrected chi connectivity index (χ0v) is 12.8. The van der Waals surface area contributed by atoms with Crippen molar-refractivity contribution in [3.05, 3.63) is 41.9 Å². The van der Waals surface area contributed by atoms with Crippen LogP contribution in [0.25, 0.3) is 0 Å². The van der Waals surface area contributed by atoms with E-state index in [1.54, 1.807) is 11.3 Å². The largest absolute Gasteiger partial charge is 0.301 e. The maximum atomic E-state index is 4.53. The van der Waals surface area contributed by atoms with Crippen molar-refractivity contribution >= 4 is 22.2 Å². The Labute approximate surface area is 119 Å². The predicted molar refractivity (Wildman–Crippen MR) is 83.0 cm³/mol. The van der Waals surface area contributed by atoms with Crippen LogP contribution in [0.3, 0.4) is 0 Å². The number of aromatic nitrogens is 1. The van der Waals surface area contributed by atoms with Gasteiger partial charge in [0, 0.05) is 6.20 Å². The third kappa shape index (κ3) is 3.14. The molecule has 0 bridgehead atoms. The van der Waals surface area contributed by atoms with Crippen molar-refractivity contribution in [2.45, 2.75) is 20.0 Å². The molecule has 0 fully saturated rings. The Morgan fingerprint density at radius 2 is 1.89 bits per heavy atom. The Bertz CT molecular complexity index is 471. The molecule has 0 aliphatic rings. The topological polar surface area (TPSA) is 19.4 Å². The second kappa shape index (κ2) is 6.17. The fourth-order valence-corrected chi connectivity index (χ4v) is 3.18. The molecule has 2 rings (SSSR count). The molecule has 0 aliphatic heterocycles. The van der Waals surface area contributed by atoms with Crippen LogP contribution in [0.5, 0.6) is 0 Å². The van der Waals surface area contributed by atoms with E-state index in [0.29, 0.717) is 5.92 Å². The van der Waals surface area contributed by atoms with Gasteiger partial charge in [-0.2, -0.15) is 0 Å². The quantitative estimate of drug-likeness (QED) is 0.773. The van der Waals surface area contributed by atoms with E-state index in [2.05, 4.69) is 66.3 Å².